The normalized spacial score (nSPS) is 16.2. The molecule has 1 N–H and O–H groups in total. The number of rotatable bonds is 9. The molecule has 0 fully saturated rings. The zero-order valence-corrected chi connectivity index (χ0v) is 20.0. The first kappa shape index (κ1) is 23.9. The van der Waals surface area contributed by atoms with Crippen molar-refractivity contribution in [2.75, 3.05) is 20.3 Å². The molecule has 0 bridgehead atoms. The summed E-state index contributed by atoms with van der Waals surface area (Å²) in [4.78, 5) is 28.1. The summed E-state index contributed by atoms with van der Waals surface area (Å²) in [5, 5.41) is 12.0. The minimum absolute atomic E-state index is 0.0185. The van der Waals surface area contributed by atoms with Gasteiger partial charge in [0.25, 0.3) is 5.91 Å². The number of carbonyl (C=O) groups is 2. The van der Waals surface area contributed by atoms with Gasteiger partial charge in [0.1, 0.15) is 11.3 Å². The van der Waals surface area contributed by atoms with Crippen molar-refractivity contribution < 1.29 is 28.6 Å². The number of Topliss-reactive ketones (excluding diaryl/α,β-unsaturated/α-hetero) is 1. The Hall–Kier alpha value is -3.29. The Morgan fingerprint density at radius 1 is 1.21 bits per heavy atom. The molecule has 34 heavy (non-hydrogen) atoms. The Morgan fingerprint density at radius 2 is 2.00 bits per heavy atom. The fourth-order valence-corrected chi connectivity index (χ4v) is 4.31. The summed E-state index contributed by atoms with van der Waals surface area (Å²) in [7, 11) is 1.58. The first-order valence-electron chi connectivity index (χ1n) is 11.0. The van der Waals surface area contributed by atoms with E-state index in [1.807, 2.05) is 19.9 Å². The molecule has 0 saturated heterocycles. The van der Waals surface area contributed by atoms with E-state index in [2.05, 4.69) is 0 Å². The van der Waals surface area contributed by atoms with Gasteiger partial charge in [-0.3, -0.25) is 9.59 Å². The fourth-order valence-electron chi connectivity index (χ4n) is 4.13. The Kier molecular flexibility index (Phi) is 6.95. The van der Waals surface area contributed by atoms with Crippen LogP contribution in [0.1, 0.15) is 42.4 Å². The van der Waals surface area contributed by atoms with Crippen LogP contribution in [0, 0.1) is 0 Å². The predicted molar refractivity (Wildman–Crippen MR) is 128 cm³/mol. The Labute approximate surface area is 202 Å². The molecular weight excluding hydrogens is 458 g/mol. The van der Waals surface area contributed by atoms with E-state index in [1.165, 1.54) is 4.90 Å². The van der Waals surface area contributed by atoms with Gasteiger partial charge in [0, 0.05) is 30.7 Å². The van der Waals surface area contributed by atoms with Gasteiger partial charge < -0.3 is 23.9 Å². The van der Waals surface area contributed by atoms with Gasteiger partial charge in [0.15, 0.2) is 11.5 Å². The van der Waals surface area contributed by atoms with E-state index >= 15 is 0 Å². The van der Waals surface area contributed by atoms with Crippen LogP contribution in [0.4, 0.5) is 0 Å². The first-order chi connectivity index (χ1) is 16.3. The number of amides is 1. The number of furan rings is 1. The van der Waals surface area contributed by atoms with Gasteiger partial charge in [-0.25, -0.2) is 0 Å². The number of ether oxygens (including phenoxy) is 2. The number of methoxy groups -OCH3 is 1. The first-order valence-corrected chi connectivity index (χ1v) is 11.4. The molecule has 1 aliphatic rings. The minimum atomic E-state index is -0.802. The lowest BCUT2D eigenvalue weighted by Crippen LogP contribution is -2.32. The molecule has 1 unspecified atom stereocenters. The Morgan fingerprint density at radius 3 is 2.74 bits per heavy atom. The maximum Gasteiger partial charge on any atom is 0.290 e. The van der Waals surface area contributed by atoms with E-state index < -0.39 is 23.5 Å². The standard InChI is InChI=1S/C26H26ClNO6/c1-15(2)33-19-7-4-6-16(13-19)23-22(25(30)26(31)28(23)10-5-11-32-3)24(29)21-14-17-12-18(27)8-9-20(17)34-21/h4,6-9,12-15,23,30H,5,10-11H2,1-3H3. The highest BCUT2D eigenvalue weighted by molar-refractivity contribution is 6.31. The van der Waals surface area contributed by atoms with Crippen LogP contribution in [-0.4, -0.2) is 48.1 Å². The van der Waals surface area contributed by atoms with Crippen LogP contribution in [0.15, 0.2) is 64.3 Å². The highest BCUT2D eigenvalue weighted by atomic mass is 35.5. The van der Waals surface area contributed by atoms with Crippen LogP contribution in [0.3, 0.4) is 0 Å². The highest BCUT2D eigenvalue weighted by Crippen LogP contribution is 2.40. The van der Waals surface area contributed by atoms with E-state index in [1.54, 1.807) is 49.6 Å². The van der Waals surface area contributed by atoms with E-state index in [4.69, 9.17) is 25.5 Å². The molecule has 178 valence electrons. The van der Waals surface area contributed by atoms with Crippen LogP contribution in [0.5, 0.6) is 5.75 Å². The lowest BCUT2D eigenvalue weighted by Gasteiger charge is -2.27. The number of hydrogen-bond donors (Lipinski definition) is 1. The third kappa shape index (κ3) is 4.67. The van der Waals surface area contributed by atoms with Crippen LogP contribution in [-0.2, 0) is 9.53 Å². The van der Waals surface area contributed by atoms with E-state index in [0.717, 1.165) is 0 Å². The Bertz CT molecular complexity index is 1260. The van der Waals surface area contributed by atoms with Crippen molar-refractivity contribution in [3.63, 3.8) is 0 Å². The lowest BCUT2D eigenvalue weighted by molar-refractivity contribution is -0.129. The summed E-state index contributed by atoms with van der Waals surface area (Å²) in [5.74, 6) is -1.13. The van der Waals surface area contributed by atoms with Crippen molar-refractivity contribution in [3.8, 4) is 5.75 Å². The molecule has 2 aromatic carbocycles. The quantitative estimate of drug-likeness (QED) is 0.320. The molecule has 2 heterocycles. The number of ketones is 1. The van der Waals surface area contributed by atoms with Gasteiger partial charge in [-0.15, -0.1) is 0 Å². The molecule has 4 rings (SSSR count). The summed E-state index contributed by atoms with van der Waals surface area (Å²) >= 11 is 6.06. The van der Waals surface area contributed by atoms with Gasteiger partial charge in [0.05, 0.1) is 17.7 Å². The smallest absolute Gasteiger partial charge is 0.290 e. The van der Waals surface area contributed by atoms with Crippen LogP contribution in [0.2, 0.25) is 5.02 Å². The van der Waals surface area contributed by atoms with E-state index in [0.29, 0.717) is 46.9 Å². The molecule has 1 aliphatic heterocycles. The Balaban J connectivity index is 1.77. The number of halogens is 1. The topological polar surface area (TPSA) is 89.2 Å². The van der Waals surface area contributed by atoms with Gasteiger partial charge in [-0.2, -0.15) is 0 Å². The molecule has 3 aromatic rings. The van der Waals surface area contributed by atoms with E-state index in [-0.39, 0.29) is 17.4 Å². The van der Waals surface area contributed by atoms with Crippen molar-refractivity contribution in [2.45, 2.75) is 32.4 Å². The maximum absolute atomic E-state index is 13.6. The molecule has 7 nitrogen and oxygen atoms in total. The summed E-state index contributed by atoms with van der Waals surface area (Å²) in [6.45, 7) is 4.55. The second-order valence-electron chi connectivity index (χ2n) is 8.37. The molecule has 8 heteroatoms. The fraction of sp³-hybridized carbons (Fsp3) is 0.308. The van der Waals surface area contributed by atoms with Crippen LogP contribution < -0.4 is 4.74 Å². The number of fused-ring (bicyclic) bond motifs is 1. The number of carbonyl (C=O) groups excluding carboxylic acids is 2. The monoisotopic (exact) mass is 483 g/mol. The highest BCUT2D eigenvalue weighted by Gasteiger charge is 2.44. The number of benzene rings is 2. The van der Waals surface area contributed by atoms with Crippen molar-refractivity contribution >= 4 is 34.3 Å². The van der Waals surface area contributed by atoms with Crippen molar-refractivity contribution in [1.29, 1.82) is 0 Å². The average Bonchev–Trinajstić information content (AvgIpc) is 3.32. The van der Waals surface area contributed by atoms with Gasteiger partial charge in [0.2, 0.25) is 5.78 Å². The number of nitrogens with zero attached hydrogens (tertiary/aromatic N) is 1. The van der Waals surface area contributed by atoms with Gasteiger partial charge in [-0.1, -0.05) is 23.7 Å². The van der Waals surface area contributed by atoms with E-state index in [9.17, 15) is 14.7 Å². The summed E-state index contributed by atoms with van der Waals surface area (Å²) in [6, 6.07) is 13.0. The molecule has 0 saturated carbocycles. The second kappa shape index (κ2) is 9.91. The van der Waals surface area contributed by atoms with Gasteiger partial charge in [-0.05, 0) is 62.2 Å². The molecule has 1 aromatic heterocycles. The molecule has 0 radical (unpaired) electrons. The average molecular weight is 484 g/mol. The van der Waals surface area contributed by atoms with Crippen LogP contribution in [0.25, 0.3) is 11.0 Å². The minimum Gasteiger partial charge on any atom is -0.503 e. The third-order valence-corrected chi connectivity index (χ3v) is 5.78. The summed E-state index contributed by atoms with van der Waals surface area (Å²) in [6.07, 6.45) is 0.490. The number of aliphatic hydroxyl groups excluding tert-OH is 1. The second-order valence-corrected chi connectivity index (χ2v) is 8.81. The molecule has 1 amide bonds. The molecule has 0 aliphatic carbocycles. The van der Waals surface area contributed by atoms with Crippen LogP contribution >= 0.6 is 11.6 Å². The molecular formula is C26H26ClNO6. The zero-order valence-electron chi connectivity index (χ0n) is 19.2. The van der Waals surface area contributed by atoms with Crippen molar-refractivity contribution in [1.82, 2.24) is 4.90 Å². The lowest BCUT2D eigenvalue weighted by atomic mass is 9.94. The summed E-state index contributed by atoms with van der Waals surface area (Å²) < 4.78 is 16.7. The number of aliphatic hydroxyl groups is 1. The largest absolute Gasteiger partial charge is 0.503 e. The van der Waals surface area contributed by atoms with Gasteiger partial charge >= 0.3 is 0 Å². The molecule has 1 atom stereocenters. The summed E-state index contributed by atoms with van der Waals surface area (Å²) in [5.41, 5.74) is 1.10. The maximum atomic E-state index is 13.6. The SMILES string of the molecule is COCCCN1C(=O)C(O)=C(C(=O)c2cc3cc(Cl)ccc3o2)C1c1cccc(OC(C)C)c1. The third-order valence-electron chi connectivity index (χ3n) is 5.54. The predicted octanol–water partition coefficient (Wildman–Crippen LogP) is 5.49. The zero-order chi connectivity index (χ0) is 24.4. The molecule has 0 spiro atoms. The van der Waals surface area contributed by atoms with Crippen molar-refractivity contribution in [3.05, 3.63) is 76.2 Å². The van der Waals surface area contributed by atoms with Crippen molar-refractivity contribution in [2.24, 2.45) is 0 Å². The number of hydrogen-bond acceptors (Lipinski definition) is 6.